The number of amides is 1. The second-order valence-electron chi connectivity index (χ2n) is 5.94. The molecule has 1 atom stereocenters. The van der Waals surface area contributed by atoms with Gasteiger partial charge in [0.1, 0.15) is 0 Å². The van der Waals surface area contributed by atoms with E-state index in [0.717, 1.165) is 5.69 Å². The molecule has 0 radical (unpaired) electrons. The molecule has 0 saturated heterocycles. The summed E-state index contributed by atoms with van der Waals surface area (Å²) < 4.78 is 0. The summed E-state index contributed by atoms with van der Waals surface area (Å²) in [6.07, 6.45) is 0. The number of aromatic nitrogens is 2. The highest BCUT2D eigenvalue weighted by Crippen LogP contribution is 2.13. The quantitative estimate of drug-likeness (QED) is 0.748. The molecule has 0 unspecified atom stereocenters. The van der Waals surface area contributed by atoms with Gasteiger partial charge < -0.3 is 15.2 Å². The monoisotopic (exact) mass is 336 g/mol. The van der Waals surface area contributed by atoms with Gasteiger partial charge in [0.05, 0.1) is 10.9 Å². The summed E-state index contributed by atoms with van der Waals surface area (Å²) in [7, 11) is 1.97. The molecule has 1 aromatic heterocycles. The maximum atomic E-state index is 12.3. The van der Waals surface area contributed by atoms with E-state index in [1.807, 2.05) is 44.3 Å². The van der Waals surface area contributed by atoms with Crippen molar-refractivity contribution >= 4 is 22.5 Å². The molecular formula is C19H20N4O2. The van der Waals surface area contributed by atoms with Gasteiger partial charge in [0.2, 0.25) is 0 Å². The minimum atomic E-state index is -0.392. The zero-order valence-electron chi connectivity index (χ0n) is 14.2. The van der Waals surface area contributed by atoms with E-state index in [1.165, 1.54) is 0 Å². The Morgan fingerprint density at radius 1 is 1.16 bits per heavy atom. The summed E-state index contributed by atoms with van der Waals surface area (Å²) in [6.45, 7) is 2.45. The smallest absolute Gasteiger partial charge is 0.287 e. The zero-order valence-corrected chi connectivity index (χ0v) is 14.2. The maximum absolute atomic E-state index is 12.3. The van der Waals surface area contributed by atoms with Crippen LogP contribution < -0.4 is 15.8 Å². The summed E-state index contributed by atoms with van der Waals surface area (Å²) in [6, 6.07) is 17.0. The van der Waals surface area contributed by atoms with Crippen LogP contribution in [0.4, 0.5) is 5.69 Å². The molecular weight excluding hydrogens is 316 g/mol. The van der Waals surface area contributed by atoms with E-state index in [-0.39, 0.29) is 17.4 Å². The van der Waals surface area contributed by atoms with Crippen molar-refractivity contribution in [1.29, 1.82) is 0 Å². The first-order chi connectivity index (χ1) is 12.1. The van der Waals surface area contributed by atoms with Crippen LogP contribution in [-0.2, 0) is 0 Å². The van der Waals surface area contributed by atoms with Crippen molar-refractivity contribution in [2.45, 2.75) is 13.0 Å². The lowest BCUT2D eigenvalue weighted by molar-refractivity contribution is 0.0941. The Morgan fingerprint density at radius 2 is 1.84 bits per heavy atom. The molecule has 1 amide bonds. The Bertz CT molecular complexity index is 937. The number of hydrogen-bond donors (Lipinski definition) is 2. The van der Waals surface area contributed by atoms with Gasteiger partial charge in [-0.2, -0.15) is 0 Å². The van der Waals surface area contributed by atoms with Crippen molar-refractivity contribution in [3.8, 4) is 0 Å². The van der Waals surface area contributed by atoms with Gasteiger partial charge in [-0.25, -0.2) is 4.98 Å². The third-order valence-corrected chi connectivity index (χ3v) is 4.21. The molecule has 0 fully saturated rings. The Morgan fingerprint density at radius 3 is 2.60 bits per heavy atom. The standard InChI is InChI=1S/C19H20N4O2/c1-13(23(2)14-8-4-3-5-9-14)12-20-19(25)17-21-16-11-7-6-10-15(16)18(24)22-17/h3-11,13H,12H2,1-2H3,(H,20,25)(H,21,22,24)/t13-/m0/s1. The minimum Gasteiger partial charge on any atom is -0.370 e. The van der Waals surface area contributed by atoms with Crippen molar-refractivity contribution in [2.75, 3.05) is 18.5 Å². The molecule has 0 aliphatic heterocycles. The fourth-order valence-corrected chi connectivity index (χ4v) is 2.57. The van der Waals surface area contributed by atoms with E-state index < -0.39 is 5.91 Å². The van der Waals surface area contributed by atoms with Crippen LogP contribution in [0.3, 0.4) is 0 Å². The maximum Gasteiger partial charge on any atom is 0.287 e. The normalized spacial score (nSPS) is 11.9. The molecule has 0 bridgehead atoms. The van der Waals surface area contributed by atoms with Gasteiger partial charge in [-0.05, 0) is 31.2 Å². The molecule has 128 valence electrons. The molecule has 6 heteroatoms. The average molecular weight is 336 g/mol. The number of nitrogens with zero attached hydrogens (tertiary/aromatic N) is 2. The van der Waals surface area contributed by atoms with Crippen LogP contribution in [-0.4, -0.2) is 35.5 Å². The van der Waals surface area contributed by atoms with Crippen molar-refractivity contribution in [3.63, 3.8) is 0 Å². The number of H-pyrrole nitrogens is 1. The van der Waals surface area contributed by atoms with Crippen molar-refractivity contribution in [2.24, 2.45) is 0 Å². The van der Waals surface area contributed by atoms with Gasteiger partial charge in [-0.3, -0.25) is 9.59 Å². The van der Waals surface area contributed by atoms with Gasteiger partial charge in [-0.1, -0.05) is 30.3 Å². The number of hydrogen-bond acceptors (Lipinski definition) is 4. The summed E-state index contributed by atoms with van der Waals surface area (Å²) in [5, 5.41) is 3.30. The molecule has 3 aromatic rings. The summed E-state index contributed by atoms with van der Waals surface area (Å²) in [4.78, 5) is 33.3. The van der Waals surface area contributed by atoms with Crippen LogP contribution in [0.2, 0.25) is 0 Å². The predicted molar refractivity (Wildman–Crippen MR) is 99.0 cm³/mol. The second kappa shape index (κ2) is 7.17. The lowest BCUT2D eigenvalue weighted by atomic mass is 10.2. The molecule has 0 aliphatic carbocycles. The zero-order chi connectivity index (χ0) is 17.8. The molecule has 0 aliphatic rings. The number of likely N-dealkylation sites (N-methyl/N-ethyl adjacent to an activating group) is 1. The molecule has 0 saturated carbocycles. The van der Waals surface area contributed by atoms with Crippen LogP contribution in [0.25, 0.3) is 10.9 Å². The molecule has 2 N–H and O–H groups in total. The van der Waals surface area contributed by atoms with Crippen molar-refractivity contribution in [1.82, 2.24) is 15.3 Å². The third kappa shape index (κ3) is 3.68. The number of para-hydroxylation sites is 2. The molecule has 6 nitrogen and oxygen atoms in total. The van der Waals surface area contributed by atoms with Crippen molar-refractivity contribution in [3.05, 3.63) is 70.8 Å². The van der Waals surface area contributed by atoms with E-state index >= 15 is 0 Å². The molecule has 1 heterocycles. The van der Waals surface area contributed by atoms with Gasteiger partial charge in [0.25, 0.3) is 11.5 Å². The van der Waals surface area contributed by atoms with E-state index in [1.54, 1.807) is 24.3 Å². The van der Waals surface area contributed by atoms with E-state index in [0.29, 0.717) is 17.4 Å². The number of rotatable bonds is 5. The Balaban J connectivity index is 1.69. The van der Waals surface area contributed by atoms with E-state index in [4.69, 9.17) is 0 Å². The summed E-state index contributed by atoms with van der Waals surface area (Å²) >= 11 is 0. The van der Waals surface area contributed by atoms with Crippen LogP contribution in [0.15, 0.2) is 59.4 Å². The predicted octanol–water partition coefficient (Wildman–Crippen LogP) is 2.18. The van der Waals surface area contributed by atoms with Crippen LogP contribution in [0.1, 0.15) is 17.5 Å². The van der Waals surface area contributed by atoms with Crippen LogP contribution in [0.5, 0.6) is 0 Å². The number of aromatic amines is 1. The van der Waals surface area contributed by atoms with Gasteiger partial charge >= 0.3 is 0 Å². The average Bonchev–Trinajstić information content (AvgIpc) is 2.65. The van der Waals surface area contributed by atoms with E-state index in [2.05, 4.69) is 20.2 Å². The Hall–Kier alpha value is -3.15. The SMILES string of the molecule is C[C@@H](CNC(=O)c1nc2ccccc2c(=O)[nH]1)N(C)c1ccccc1. The molecule has 2 aromatic carbocycles. The number of anilines is 1. The Kier molecular flexibility index (Phi) is 4.79. The summed E-state index contributed by atoms with van der Waals surface area (Å²) in [5.74, 6) is -0.366. The Labute approximate surface area is 145 Å². The minimum absolute atomic E-state index is 0.0262. The van der Waals surface area contributed by atoms with Gasteiger partial charge in [-0.15, -0.1) is 0 Å². The van der Waals surface area contributed by atoms with Crippen LogP contribution >= 0.6 is 0 Å². The lowest BCUT2D eigenvalue weighted by Gasteiger charge is -2.27. The van der Waals surface area contributed by atoms with Crippen LogP contribution in [0, 0.1) is 0 Å². The fourth-order valence-electron chi connectivity index (χ4n) is 2.57. The van der Waals surface area contributed by atoms with E-state index in [9.17, 15) is 9.59 Å². The van der Waals surface area contributed by atoms with Gasteiger partial charge in [0, 0.05) is 25.3 Å². The number of nitrogens with one attached hydrogen (secondary N) is 2. The number of carbonyl (C=O) groups excluding carboxylic acids is 1. The van der Waals surface area contributed by atoms with Crippen molar-refractivity contribution < 1.29 is 4.79 Å². The molecule has 3 rings (SSSR count). The summed E-state index contributed by atoms with van der Waals surface area (Å²) in [5.41, 5.74) is 1.26. The first-order valence-corrected chi connectivity index (χ1v) is 8.11. The lowest BCUT2D eigenvalue weighted by Crippen LogP contribution is -2.41. The number of carbonyl (C=O) groups is 1. The fraction of sp³-hybridized carbons (Fsp3) is 0.211. The largest absolute Gasteiger partial charge is 0.370 e. The first kappa shape index (κ1) is 16.7. The first-order valence-electron chi connectivity index (χ1n) is 8.11. The topological polar surface area (TPSA) is 78.1 Å². The van der Waals surface area contributed by atoms with Gasteiger partial charge in [0.15, 0.2) is 5.82 Å². The highest BCUT2D eigenvalue weighted by atomic mass is 16.2. The number of fused-ring (bicyclic) bond motifs is 1. The highest BCUT2D eigenvalue weighted by Gasteiger charge is 2.14. The molecule has 25 heavy (non-hydrogen) atoms. The molecule has 0 spiro atoms. The second-order valence-corrected chi connectivity index (χ2v) is 5.94. The third-order valence-electron chi connectivity index (χ3n) is 4.21. The number of benzene rings is 2. The highest BCUT2D eigenvalue weighted by molar-refractivity contribution is 5.92.